The van der Waals surface area contributed by atoms with Crippen molar-refractivity contribution in [3.05, 3.63) is 131 Å². The third-order valence-electron chi connectivity index (χ3n) is 7.63. The molecule has 0 radical (unpaired) electrons. The Morgan fingerprint density at radius 2 is 1.34 bits per heavy atom. The first kappa shape index (κ1) is 16.7. The highest BCUT2D eigenvalue weighted by Gasteiger charge is 2.43. The first-order valence-corrected chi connectivity index (χ1v) is 11.4. The lowest BCUT2D eigenvalue weighted by Gasteiger charge is -2.31. The molecule has 0 amide bonds. The quantitative estimate of drug-likeness (QED) is 0.238. The zero-order chi connectivity index (χ0) is 20.8. The van der Waals surface area contributed by atoms with Crippen LogP contribution in [0.5, 0.6) is 0 Å². The average molecular weight is 410 g/mol. The van der Waals surface area contributed by atoms with Crippen molar-refractivity contribution in [2.24, 2.45) is 0 Å². The second-order valence-electron chi connectivity index (χ2n) is 9.20. The Labute approximate surface area is 186 Å². The molecule has 2 aromatic heterocycles. The van der Waals surface area contributed by atoms with Crippen molar-refractivity contribution >= 4 is 27.3 Å². The highest BCUT2D eigenvalue weighted by Crippen LogP contribution is 2.50. The third-order valence-corrected chi connectivity index (χ3v) is 7.63. The van der Waals surface area contributed by atoms with E-state index in [2.05, 4.69) is 112 Å². The van der Waals surface area contributed by atoms with Gasteiger partial charge in [-0.2, -0.15) is 4.40 Å². The van der Waals surface area contributed by atoms with E-state index >= 15 is 0 Å². The zero-order valence-corrected chi connectivity index (χ0v) is 17.6. The maximum Gasteiger partial charge on any atom is 0.295 e. The van der Waals surface area contributed by atoms with Crippen LogP contribution in [-0.4, -0.2) is 4.40 Å². The number of rotatable bonds is 2. The second-order valence-corrected chi connectivity index (χ2v) is 9.20. The SMILES string of the molecule is c1ccc(C2c3cccc4c5cccc6c5c5n(c(c[n+]5C6)C2c2ccccc2)c34)cc1. The highest BCUT2D eigenvalue weighted by atomic mass is 15.1. The highest BCUT2D eigenvalue weighted by molar-refractivity contribution is 6.14. The summed E-state index contributed by atoms with van der Waals surface area (Å²) in [6, 6.07) is 35.9. The molecule has 0 fully saturated rings. The lowest BCUT2D eigenvalue weighted by molar-refractivity contribution is -0.657. The van der Waals surface area contributed by atoms with Gasteiger partial charge in [-0.15, -0.1) is 0 Å². The Morgan fingerprint density at radius 3 is 2.12 bits per heavy atom. The Hall–Kier alpha value is -3.91. The molecule has 4 aromatic carbocycles. The van der Waals surface area contributed by atoms with Crippen LogP contribution in [0.4, 0.5) is 0 Å². The Balaban J connectivity index is 1.61. The van der Waals surface area contributed by atoms with E-state index in [1.807, 2.05) is 0 Å². The molecule has 6 aromatic rings. The summed E-state index contributed by atoms with van der Waals surface area (Å²) in [5, 5.41) is 4.17. The van der Waals surface area contributed by atoms with Crippen LogP contribution < -0.4 is 4.57 Å². The van der Waals surface area contributed by atoms with E-state index in [4.69, 9.17) is 0 Å². The molecule has 8 rings (SSSR count). The lowest BCUT2D eigenvalue weighted by Crippen LogP contribution is -2.28. The molecule has 2 aliphatic heterocycles. The first-order valence-electron chi connectivity index (χ1n) is 11.4. The van der Waals surface area contributed by atoms with Gasteiger partial charge in [0.15, 0.2) is 5.69 Å². The van der Waals surface area contributed by atoms with Crippen molar-refractivity contribution in [1.82, 2.24) is 4.40 Å². The van der Waals surface area contributed by atoms with E-state index in [1.165, 1.54) is 55.3 Å². The predicted molar refractivity (Wildman–Crippen MR) is 128 cm³/mol. The van der Waals surface area contributed by atoms with Gasteiger partial charge in [0, 0.05) is 27.8 Å². The molecule has 150 valence electrons. The molecular formula is C30H21N2+. The maximum atomic E-state index is 2.58. The standard InChI is InChI=1S/C30H21N2/c1-3-9-19(10-4-1)26-24-16-8-15-23-22-14-7-13-21-17-31-18-25(28(26)20-11-5-2-6-12-20)32(29(23)24)30(31)27(21)22/h1-16,18,26,28H,17H2/q+1. The van der Waals surface area contributed by atoms with Gasteiger partial charge in [-0.1, -0.05) is 97.1 Å². The van der Waals surface area contributed by atoms with Crippen molar-refractivity contribution < 1.29 is 4.57 Å². The summed E-state index contributed by atoms with van der Waals surface area (Å²) >= 11 is 0. The van der Waals surface area contributed by atoms with Gasteiger partial charge in [-0.05, 0) is 11.1 Å². The van der Waals surface area contributed by atoms with Crippen molar-refractivity contribution in [1.29, 1.82) is 0 Å². The molecule has 0 saturated carbocycles. The van der Waals surface area contributed by atoms with Crippen LogP contribution in [0, 0.1) is 0 Å². The molecule has 2 atom stereocenters. The van der Waals surface area contributed by atoms with Gasteiger partial charge in [-0.25, -0.2) is 4.57 Å². The van der Waals surface area contributed by atoms with Crippen LogP contribution in [0.15, 0.2) is 103 Å². The van der Waals surface area contributed by atoms with E-state index in [0.717, 1.165) is 6.54 Å². The number of hydrogen-bond donors (Lipinski definition) is 0. The summed E-state index contributed by atoms with van der Waals surface area (Å²) in [5.41, 5.74) is 9.76. The Kier molecular flexibility index (Phi) is 3.07. The van der Waals surface area contributed by atoms with Crippen molar-refractivity contribution in [3.63, 3.8) is 0 Å². The summed E-state index contributed by atoms with van der Waals surface area (Å²) < 4.78 is 5.06. The molecule has 2 nitrogen and oxygen atoms in total. The molecule has 0 saturated heterocycles. The summed E-state index contributed by atoms with van der Waals surface area (Å²) in [7, 11) is 0. The third kappa shape index (κ3) is 1.94. The molecule has 2 heteroatoms. The molecule has 32 heavy (non-hydrogen) atoms. The summed E-state index contributed by atoms with van der Waals surface area (Å²) in [5.74, 6) is 0.551. The normalized spacial score (nSPS) is 18.5. The number of benzene rings is 4. The first-order chi connectivity index (χ1) is 15.9. The van der Waals surface area contributed by atoms with Crippen LogP contribution in [0.25, 0.3) is 27.3 Å². The van der Waals surface area contributed by atoms with Gasteiger partial charge in [0.1, 0.15) is 18.3 Å². The largest absolute Gasteiger partial charge is 0.295 e. The molecule has 0 N–H and O–H groups in total. The minimum absolute atomic E-state index is 0.271. The molecule has 0 bridgehead atoms. The number of fused-ring (bicyclic) bond motifs is 1. The van der Waals surface area contributed by atoms with Gasteiger partial charge in [0.05, 0.1) is 11.3 Å². The number of hydrogen-bond acceptors (Lipinski definition) is 0. The summed E-state index contributed by atoms with van der Waals surface area (Å²) in [6.45, 7) is 0.958. The average Bonchev–Trinajstić information content (AvgIpc) is 3.40. The number of para-hydroxylation sites is 1. The van der Waals surface area contributed by atoms with Crippen LogP contribution in [-0.2, 0) is 6.54 Å². The van der Waals surface area contributed by atoms with Crippen LogP contribution in [0.1, 0.15) is 39.8 Å². The van der Waals surface area contributed by atoms with E-state index in [1.54, 1.807) is 0 Å². The molecule has 0 spiro atoms. The van der Waals surface area contributed by atoms with Gasteiger partial charge < -0.3 is 0 Å². The minimum atomic E-state index is 0.271. The van der Waals surface area contributed by atoms with Crippen molar-refractivity contribution in [2.75, 3.05) is 0 Å². The maximum absolute atomic E-state index is 2.58. The van der Waals surface area contributed by atoms with Gasteiger partial charge in [-0.3, -0.25) is 0 Å². The number of aromatic nitrogens is 2. The number of nitrogens with zero attached hydrogens (tertiary/aromatic N) is 2. The molecular weight excluding hydrogens is 388 g/mol. The molecule has 4 heterocycles. The summed E-state index contributed by atoms with van der Waals surface area (Å²) in [4.78, 5) is 0. The van der Waals surface area contributed by atoms with E-state index in [0.29, 0.717) is 0 Å². The number of pyridine rings is 1. The van der Waals surface area contributed by atoms with E-state index in [9.17, 15) is 0 Å². The second kappa shape index (κ2) is 5.86. The topological polar surface area (TPSA) is 8.29 Å². The molecule has 2 unspecified atom stereocenters. The van der Waals surface area contributed by atoms with Crippen molar-refractivity contribution in [2.45, 2.75) is 18.4 Å². The van der Waals surface area contributed by atoms with Crippen molar-refractivity contribution in [3.8, 4) is 0 Å². The minimum Gasteiger partial charge on any atom is -0.225 e. The fourth-order valence-electron chi connectivity index (χ4n) is 6.45. The smallest absolute Gasteiger partial charge is 0.225 e. The van der Waals surface area contributed by atoms with Crippen LogP contribution in [0.2, 0.25) is 0 Å². The molecule has 2 aliphatic rings. The van der Waals surface area contributed by atoms with Gasteiger partial charge in [0.25, 0.3) is 5.65 Å². The van der Waals surface area contributed by atoms with Crippen LogP contribution in [0.3, 0.4) is 0 Å². The fraction of sp³-hybridized carbons (Fsp3) is 0.100. The lowest BCUT2D eigenvalue weighted by atomic mass is 9.73. The van der Waals surface area contributed by atoms with E-state index in [-0.39, 0.29) is 11.8 Å². The summed E-state index contributed by atoms with van der Waals surface area (Å²) in [6.07, 6.45) is 2.43. The Bertz CT molecular complexity index is 1690. The zero-order valence-electron chi connectivity index (χ0n) is 17.6. The van der Waals surface area contributed by atoms with Crippen LogP contribution >= 0.6 is 0 Å². The van der Waals surface area contributed by atoms with Gasteiger partial charge >= 0.3 is 0 Å². The molecule has 0 aliphatic carbocycles. The predicted octanol–water partition coefficient (Wildman–Crippen LogP) is 6.17. The van der Waals surface area contributed by atoms with Gasteiger partial charge in [0.2, 0.25) is 0 Å². The fourth-order valence-corrected chi connectivity index (χ4v) is 6.45. The van der Waals surface area contributed by atoms with E-state index < -0.39 is 0 Å². The number of imidazole rings is 1. The monoisotopic (exact) mass is 409 g/mol. The Morgan fingerprint density at radius 1 is 0.656 bits per heavy atom.